The molecule has 0 unspecified atom stereocenters. The molecule has 5 nitrogen and oxygen atoms in total. The molecule has 0 aliphatic rings. The summed E-state index contributed by atoms with van der Waals surface area (Å²) in [6.07, 6.45) is 1.07. The van der Waals surface area contributed by atoms with Crippen molar-refractivity contribution in [1.29, 1.82) is 0 Å². The molecule has 0 bridgehead atoms. The van der Waals surface area contributed by atoms with Crippen LogP contribution in [0.15, 0.2) is 18.2 Å². The lowest BCUT2D eigenvalue weighted by Gasteiger charge is -2.08. The molecule has 0 heterocycles. The van der Waals surface area contributed by atoms with Gasteiger partial charge in [-0.2, -0.15) is 0 Å². The standard InChI is InChI=1S/C11H15ClN2O3/c1-2-5-13-6-7-17-11-4-3-9(14(15)16)8-10(11)12/h3-4,8,13H,2,5-7H2,1H3. The van der Waals surface area contributed by atoms with Crippen LogP contribution in [-0.4, -0.2) is 24.6 Å². The molecule has 0 saturated heterocycles. The predicted molar refractivity (Wildman–Crippen MR) is 66.8 cm³/mol. The van der Waals surface area contributed by atoms with Crippen LogP contribution in [0.3, 0.4) is 0 Å². The van der Waals surface area contributed by atoms with Gasteiger partial charge < -0.3 is 10.1 Å². The molecule has 0 saturated carbocycles. The van der Waals surface area contributed by atoms with Crippen LogP contribution < -0.4 is 10.1 Å². The van der Waals surface area contributed by atoms with E-state index < -0.39 is 4.92 Å². The van der Waals surface area contributed by atoms with E-state index in [1.165, 1.54) is 18.2 Å². The van der Waals surface area contributed by atoms with E-state index in [1.807, 2.05) is 0 Å². The van der Waals surface area contributed by atoms with Gasteiger partial charge in [0, 0.05) is 18.7 Å². The van der Waals surface area contributed by atoms with Crippen LogP contribution >= 0.6 is 11.6 Å². The SMILES string of the molecule is CCCNCCOc1ccc([N+](=O)[O-])cc1Cl. The molecule has 1 N–H and O–H groups in total. The highest BCUT2D eigenvalue weighted by Crippen LogP contribution is 2.28. The predicted octanol–water partition coefficient (Wildman–Crippen LogP) is 2.63. The first-order valence-corrected chi connectivity index (χ1v) is 5.80. The van der Waals surface area contributed by atoms with Gasteiger partial charge in [-0.1, -0.05) is 18.5 Å². The Balaban J connectivity index is 2.46. The van der Waals surface area contributed by atoms with E-state index in [2.05, 4.69) is 12.2 Å². The smallest absolute Gasteiger partial charge is 0.271 e. The van der Waals surface area contributed by atoms with Crippen molar-refractivity contribution in [3.05, 3.63) is 33.3 Å². The summed E-state index contributed by atoms with van der Waals surface area (Å²) in [5.74, 6) is 0.468. The van der Waals surface area contributed by atoms with E-state index in [1.54, 1.807) is 0 Å². The van der Waals surface area contributed by atoms with Crippen LogP contribution in [-0.2, 0) is 0 Å². The van der Waals surface area contributed by atoms with Crippen molar-refractivity contribution >= 4 is 17.3 Å². The number of benzene rings is 1. The third-order valence-corrected chi connectivity index (χ3v) is 2.38. The maximum atomic E-state index is 10.5. The van der Waals surface area contributed by atoms with Gasteiger partial charge in [0.15, 0.2) is 0 Å². The maximum absolute atomic E-state index is 10.5. The second-order valence-corrected chi connectivity index (χ2v) is 3.88. The minimum absolute atomic E-state index is 0.0357. The summed E-state index contributed by atoms with van der Waals surface area (Å²) in [4.78, 5) is 10.0. The van der Waals surface area contributed by atoms with Crippen molar-refractivity contribution in [3.8, 4) is 5.75 Å². The van der Waals surface area contributed by atoms with E-state index in [-0.39, 0.29) is 10.7 Å². The molecule has 0 aromatic heterocycles. The van der Waals surface area contributed by atoms with Crippen LogP contribution in [0.25, 0.3) is 0 Å². The van der Waals surface area contributed by atoms with Gasteiger partial charge in [-0.15, -0.1) is 0 Å². The fourth-order valence-electron chi connectivity index (χ4n) is 1.26. The van der Waals surface area contributed by atoms with Gasteiger partial charge in [-0.25, -0.2) is 0 Å². The number of nitro groups is 1. The summed E-state index contributed by atoms with van der Waals surface area (Å²) >= 11 is 5.86. The molecule has 0 atom stereocenters. The number of nitrogens with one attached hydrogen (secondary N) is 1. The highest BCUT2D eigenvalue weighted by atomic mass is 35.5. The van der Waals surface area contributed by atoms with E-state index in [9.17, 15) is 10.1 Å². The van der Waals surface area contributed by atoms with E-state index in [4.69, 9.17) is 16.3 Å². The first kappa shape index (κ1) is 13.7. The lowest BCUT2D eigenvalue weighted by atomic mass is 10.3. The zero-order valence-corrected chi connectivity index (χ0v) is 10.4. The first-order chi connectivity index (χ1) is 8.15. The molecule has 0 radical (unpaired) electrons. The molecule has 6 heteroatoms. The zero-order chi connectivity index (χ0) is 12.7. The maximum Gasteiger partial charge on any atom is 0.271 e. The van der Waals surface area contributed by atoms with E-state index in [0.717, 1.165) is 19.5 Å². The van der Waals surface area contributed by atoms with Gasteiger partial charge in [-0.3, -0.25) is 10.1 Å². The third-order valence-electron chi connectivity index (χ3n) is 2.09. The summed E-state index contributed by atoms with van der Waals surface area (Å²) in [6, 6.07) is 4.18. The summed E-state index contributed by atoms with van der Waals surface area (Å²) in [7, 11) is 0. The summed E-state index contributed by atoms with van der Waals surface area (Å²) in [6.45, 7) is 4.23. The lowest BCUT2D eigenvalue weighted by Crippen LogP contribution is -2.21. The molecule has 0 amide bonds. The zero-order valence-electron chi connectivity index (χ0n) is 9.61. The Bertz CT molecular complexity index is 385. The van der Waals surface area contributed by atoms with Crippen LogP contribution in [0.5, 0.6) is 5.75 Å². The van der Waals surface area contributed by atoms with Crippen molar-refractivity contribution in [2.45, 2.75) is 13.3 Å². The number of nitrogens with zero attached hydrogens (tertiary/aromatic N) is 1. The summed E-state index contributed by atoms with van der Waals surface area (Å²) in [5.41, 5.74) is -0.0357. The van der Waals surface area contributed by atoms with Gasteiger partial charge in [-0.05, 0) is 19.0 Å². The van der Waals surface area contributed by atoms with Crippen molar-refractivity contribution in [2.75, 3.05) is 19.7 Å². The number of hydrogen-bond acceptors (Lipinski definition) is 4. The van der Waals surface area contributed by atoms with E-state index >= 15 is 0 Å². The van der Waals surface area contributed by atoms with Gasteiger partial charge in [0.1, 0.15) is 12.4 Å². The molecule has 0 aliphatic heterocycles. The molecular formula is C11H15ClN2O3. The van der Waals surface area contributed by atoms with Gasteiger partial charge in [0.2, 0.25) is 0 Å². The highest BCUT2D eigenvalue weighted by molar-refractivity contribution is 6.32. The van der Waals surface area contributed by atoms with Crippen LogP contribution in [0, 0.1) is 10.1 Å². The number of halogens is 1. The van der Waals surface area contributed by atoms with Gasteiger partial charge >= 0.3 is 0 Å². The van der Waals surface area contributed by atoms with Gasteiger partial charge in [0.05, 0.1) is 9.95 Å². The molecule has 1 rings (SSSR count). The van der Waals surface area contributed by atoms with Crippen molar-refractivity contribution in [3.63, 3.8) is 0 Å². The van der Waals surface area contributed by atoms with Gasteiger partial charge in [0.25, 0.3) is 5.69 Å². The quantitative estimate of drug-likeness (QED) is 0.464. The van der Waals surface area contributed by atoms with Crippen LogP contribution in [0.4, 0.5) is 5.69 Å². The number of non-ortho nitro benzene ring substituents is 1. The number of rotatable bonds is 7. The minimum Gasteiger partial charge on any atom is -0.491 e. The molecule has 0 aliphatic carbocycles. The second kappa shape index (κ2) is 7.09. The molecule has 0 fully saturated rings. The normalized spacial score (nSPS) is 10.2. The molecule has 0 spiro atoms. The van der Waals surface area contributed by atoms with Crippen LogP contribution in [0.2, 0.25) is 5.02 Å². The Morgan fingerprint density at radius 3 is 2.82 bits per heavy atom. The minimum atomic E-state index is -0.488. The Morgan fingerprint density at radius 2 is 2.24 bits per heavy atom. The van der Waals surface area contributed by atoms with Crippen molar-refractivity contribution in [1.82, 2.24) is 5.32 Å². The molecule has 1 aromatic rings. The van der Waals surface area contributed by atoms with Crippen molar-refractivity contribution in [2.24, 2.45) is 0 Å². The lowest BCUT2D eigenvalue weighted by molar-refractivity contribution is -0.384. The monoisotopic (exact) mass is 258 g/mol. The number of nitro benzene ring substituents is 1. The summed E-state index contributed by atoms with van der Waals surface area (Å²) in [5, 5.41) is 13.9. The average Bonchev–Trinajstić information content (AvgIpc) is 2.30. The van der Waals surface area contributed by atoms with E-state index in [0.29, 0.717) is 12.4 Å². The first-order valence-electron chi connectivity index (χ1n) is 5.42. The largest absolute Gasteiger partial charge is 0.491 e. The topological polar surface area (TPSA) is 64.4 Å². The van der Waals surface area contributed by atoms with Crippen LogP contribution in [0.1, 0.15) is 13.3 Å². The molecule has 94 valence electrons. The Kier molecular flexibility index (Phi) is 5.72. The average molecular weight is 259 g/mol. The second-order valence-electron chi connectivity index (χ2n) is 3.47. The number of hydrogen-bond donors (Lipinski definition) is 1. The Labute approximate surface area is 105 Å². The van der Waals surface area contributed by atoms with Crippen molar-refractivity contribution < 1.29 is 9.66 Å². The molecule has 1 aromatic carbocycles. The summed E-state index contributed by atoms with van der Waals surface area (Å²) < 4.78 is 5.40. The molecule has 17 heavy (non-hydrogen) atoms. The highest BCUT2D eigenvalue weighted by Gasteiger charge is 2.09. The fraction of sp³-hybridized carbons (Fsp3) is 0.455. The molecular weight excluding hydrogens is 244 g/mol. The number of ether oxygens (including phenoxy) is 1. The Morgan fingerprint density at radius 1 is 1.47 bits per heavy atom. The Hall–Kier alpha value is -1.33. The fourth-order valence-corrected chi connectivity index (χ4v) is 1.48. The third kappa shape index (κ3) is 4.58.